The molecule has 0 saturated carbocycles. The molecule has 1 fully saturated rings. The number of thiazole rings is 1. The topological polar surface area (TPSA) is 122 Å². The molecule has 2 aliphatic rings. The van der Waals surface area contributed by atoms with Crippen molar-refractivity contribution in [3.05, 3.63) is 82.2 Å². The second-order valence-electron chi connectivity index (χ2n) is 10.8. The van der Waals surface area contributed by atoms with Crippen LogP contribution in [0.25, 0.3) is 27.1 Å². The molecule has 2 atom stereocenters. The molecule has 6 rings (SSSR count). The highest BCUT2D eigenvalue weighted by molar-refractivity contribution is 7.86. The van der Waals surface area contributed by atoms with Gasteiger partial charge in [-0.15, -0.1) is 0 Å². The third-order valence-corrected chi connectivity index (χ3v) is 11.6. The second kappa shape index (κ2) is 11.3. The van der Waals surface area contributed by atoms with E-state index in [1.54, 1.807) is 11.3 Å². The molecule has 3 aromatic carbocycles. The number of nitrogens with zero attached hydrogens (tertiary/aromatic N) is 2. The third-order valence-electron chi connectivity index (χ3n) is 8.19. The Morgan fingerprint density at radius 3 is 2.60 bits per heavy atom. The number of halogens is 1. The van der Waals surface area contributed by atoms with Crippen molar-refractivity contribution in [2.45, 2.75) is 44.5 Å². The van der Waals surface area contributed by atoms with Crippen LogP contribution in [0.4, 0.5) is 5.69 Å². The van der Waals surface area contributed by atoms with Crippen LogP contribution in [0, 0.1) is 0 Å². The van der Waals surface area contributed by atoms with Crippen LogP contribution in [-0.4, -0.2) is 43.6 Å². The Morgan fingerprint density at radius 1 is 1.12 bits per heavy atom. The quantitative estimate of drug-likeness (QED) is 0.0932. The van der Waals surface area contributed by atoms with E-state index in [9.17, 15) is 21.4 Å². The lowest BCUT2D eigenvalue weighted by atomic mass is 10.0. The van der Waals surface area contributed by atoms with Crippen LogP contribution >= 0.6 is 22.9 Å². The number of ether oxygens (including phenoxy) is 1. The summed E-state index contributed by atoms with van der Waals surface area (Å²) in [6, 6.07) is 17.2. The van der Waals surface area contributed by atoms with Crippen molar-refractivity contribution in [1.82, 2.24) is 4.48 Å². The smallest absolute Gasteiger partial charge is 0.320 e. The predicted molar refractivity (Wildman–Crippen MR) is 170 cm³/mol. The van der Waals surface area contributed by atoms with E-state index in [1.807, 2.05) is 73.7 Å². The first-order valence-electron chi connectivity index (χ1n) is 13.9. The fourth-order valence-corrected chi connectivity index (χ4v) is 9.14. The Labute approximate surface area is 259 Å². The van der Waals surface area contributed by atoms with Crippen molar-refractivity contribution in [3.8, 4) is 5.75 Å². The summed E-state index contributed by atoms with van der Waals surface area (Å²) in [5.74, 6) is 0.700. The highest BCUT2D eigenvalue weighted by Gasteiger charge is 2.63. The largest absolute Gasteiger partial charge is 0.406 e. The summed E-state index contributed by atoms with van der Waals surface area (Å²) in [7, 11) is -8.44. The molecule has 2 unspecified atom stereocenters. The third kappa shape index (κ3) is 5.61. The van der Waals surface area contributed by atoms with Gasteiger partial charge in [0.25, 0.3) is 15.1 Å². The Hall–Kier alpha value is -2.84. The van der Waals surface area contributed by atoms with Gasteiger partial charge in [0.1, 0.15) is 4.70 Å². The number of quaternary nitrogens is 1. The van der Waals surface area contributed by atoms with E-state index in [4.69, 9.17) is 20.9 Å². The normalized spacial score (nSPS) is 21.4. The average Bonchev–Trinajstić information content (AvgIpc) is 3.44. The minimum atomic E-state index is -4.40. The minimum Gasteiger partial charge on any atom is -0.406 e. The fourth-order valence-electron chi connectivity index (χ4n) is 6.08. The summed E-state index contributed by atoms with van der Waals surface area (Å²) < 4.78 is 76.6. The van der Waals surface area contributed by atoms with Gasteiger partial charge in [0.15, 0.2) is 18.0 Å². The van der Waals surface area contributed by atoms with Crippen molar-refractivity contribution in [1.29, 1.82) is 0 Å². The number of hydrogen-bond donors (Lipinski definition) is 2. The van der Waals surface area contributed by atoms with Gasteiger partial charge in [-0.3, -0.25) is 9.11 Å². The second-order valence-corrected chi connectivity index (χ2v) is 15.5. The molecule has 2 aliphatic heterocycles. The van der Waals surface area contributed by atoms with Crippen molar-refractivity contribution in [2.75, 3.05) is 12.3 Å². The maximum atomic E-state index is 12.6. The highest BCUT2D eigenvalue weighted by Crippen LogP contribution is 2.56. The summed E-state index contributed by atoms with van der Waals surface area (Å²) in [4.78, 5) is 0. The lowest BCUT2D eigenvalue weighted by molar-refractivity contribution is -0.669. The molecule has 1 aromatic heterocycles. The molecule has 13 heteroatoms. The van der Waals surface area contributed by atoms with Crippen LogP contribution in [0.15, 0.2) is 72.1 Å². The molecular formula is C30H31ClN2O7S3+2. The lowest BCUT2D eigenvalue weighted by Gasteiger charge is -2.45. The molecule has 4 aromatic rings. The number of aromatic nitrogens is 1. The average molecular weight is 663 g/mol. The molecule has 0 bridgehead atoms. The van der Waals surface area contributed by atoms with E-state index in [0.29, 0.717) is 55.4 Å². The zero-order valence-corrected chi connectivity index (χ0v) is 26.5. The van der Waals surface area contributed by atoms with Crippen molar-refractivity contribution in [3.63, 3.8) is 0 Å². The highest BCUT2D eigenvalue weighted by atomic mass is 35.5. The van der Waals surface area contributed by atoms with Gasteiger partial charge < -0.3 is 4.74 Å². The van der Waals surface area contributed by atoms with Gasteiger partial charge in [0.05, 0.1) is 18.7 Å². The maximum absolute atomic E-state index is 12.6. The molecule has 0 radical (unpaired) electrons. The molecule has 2 N–H and O–H groups in total. The van der Waals surface area contributed by atoms with E-state index in [-0.39, 0.29) is 10.2 Å². The van der Waals surface area contributed by atoms with E-state index < -0.39 is 25.6 Å². The summed E-state index contributed by atoms with van der Waals surface area (Å²) in [6.07, 6.45) is 5.64. The van der Waals surface area contributed by atoms with Crippen LogP contribution in [-0.2, 0) is 26.8 Å². The fraction of sp³-hybridized carbons (Fsp3) is 0.300. The lowest BCUT2D eigenvalue weighted by Crippen LogP contribution is -2.67. The Bertz CT molecular complexity index is 2040. The molecule has 1 spiro atoms. The summed E-state index contributed by atoms with van der Waals surface area (Å²) in [5.41, 5.74) is 2.53. The molecule has 3 heterocycles. The minimum absolute atomic E-state index is 0.107. The van der Waals surface area contributed by atoms with Crippen molar-refractivity contribution >= 4 is 75.9 Å². The molecule has 226 valence electrons. The molecular weight excluding hydrogens is 632 g/mol. The first-order chi connectivity index (χ1) is 20.4. The Kier molecular flexibility index (Phi) is 7.91. The zero-order valence-electron chi connectivity index (χ0n) is 23.3. The number of allylic oxidation sites excluding steroid dienone is 2. The zero-order chi connectivity index (χ0) is 30.6. The monoisotopic (exact) mass is 662 g/mol. The summed E-state index contributed by atoms with van der Waals surface area (Å²) in [6.45, 7) is 2.97. The molecule has 9 nitrogen and oxygen atoms in total. The van der Waals surface area contributed by atoms with Crippen molar-refractivity contribution in [2.24, 2.45) is 0 Å². The van der Waals surface area contributed by atoms with Crippen LogP contribution in [0.2, 0.25) is 5.02 Å². The number of rotatable bonds is 9. The number of hydrogen-bond acceptors (Lipinski definition) is 6. The van der Waals surface area contributed by atoms with E-state index in [0.717, 1.165) is 37.3 Å². The number of aryl methyl sites for hydroxylation is 1. The molecule has 0 amide bonds. The maximum Gasteiger partial charge on any atom is 0.320 e. The predicted octanol–water partition coefficient (Wildman–Crippen LogP) is 6.32. The number of benzene rings is 3. The Morgan fingerprint density at radius 2 is 1.91 bits per heavy atom. The number of unbranched alkanes of at least 4 members (excludes halogenated alkanes) is 1. The van der Waals surface area contributed by atoms with Gasteiger partial charge in [0.2, 0.25) is 10.9 Å². The van der Waals surface area contributed by atoms with Gasteiger partial charge in [-0.05, 0) is 48.1 Å². The van der Waals surface area contributed by atoms with Crippen LogP contribution in [0.3, 0.4) is 0 Å². The van der Waals surface area contributed by atoms with E-state index in [2.05, 4.69) is 4.57 Å². The molecule has 1 saturated heterocycles. The van der Waals surface area contributed by atoms with Crippen LogP contribution in [0.1, 0.15) is 37.6 Å². The van der Waals surface area contributed by atoms with Gasteiger partial charge in [-0.25, -0.2) is 4.48 Å². The van der Waals surface area contributed by atoms with E-state index >= 15 is 0 Å². The van der Waals surface area contributed by atoms with E-state index in [1.165, 1.54) is 0 Å². The molecule has 43 heavy (non-hydrogen) atoms. The standard InChI is InChI=1S/C30H29ClN2O7S3/c1-2-20(17-27-32(14-5-6-16-42(34,35)36)24-19-22(31)10-12-26(24)41-27)18-28-33(15-13-29(33)43(37,38)39)30-23-8-4-3-7-21(23)9-11-25(30)40-28/h3-4,7-12,17-19,29H,2,5-6,13-16H2,1H3/p+2/b20-17+,28-18-. The van der Waals surface area contributed by atoms with Crippen LogP contribution < -0.4 is 13.8 Å². The van der Waals surface area contributed by atoms with Crippen molar-refractivity contribution < 1.29 is 35.2 Å². The van der Waals surface area contributed by atoms with Gasteiger partial charge >= 0.3 is 16.0 Å². The SMILES string of the molecule is CCC(/C=C1\Oc2ccc3ccccc3c2[N+]12CCC2S(=O)(=O)O)=C\c1sc2ccc(Cl)cc2[n+]1CCCCS(=O)(=O)O. The Balaban J connectivity index is 1.45. The first kappa shape index (κ1) is 30.2. The molecule has 0 aliphatic carbocycles. The number of fused-ring (bicyclic) bond motifs is 5. The van der Waals surface area contributed by atoms with Gasteiger partial charge in [-0.2, -0.15) is 21.4 Å². The summed E-state index contributed by atoms with van der Waals surface area (Å²) in [5, 5.41) is 2.23. The van der Waals surface area contributed by atoms with Gasteiger partial charge in [0, 0.05) is 35.0 Å². The van der Waals surface area contributed by atoms with Crippen LogP contribution in [0.5, 0.6) is 5.75 Å². The first-order valence-corrected chi connectivity index (χ1v) is 18.3. The summed E-state index contributed by atoms with van der Waals surface area (Å²) >= 11 is 7.88. The van der Waals surface area contributed by atoms with Gasteiger partial charge in [-0.1, -0.05) is 54.1 Å².